The maximum Gasteiger partial charge on any atom is 2.00 e. The Hall–Kier alpha value is -2.49. The zero-order chi connectivity index (χ0) is 53.8. The molecule has 3 aromatic heterocycles. The topological polar surface area (TPSA) is 106 Å². The normalized spacial score (nSPS) is 12.2. The summed E-state index contributed by atoms with van der Waals surface area (Å²) in [5.41, 5.74) is 11.3. The molecule has 2 aliphatic rings. The number of hydrogen-bond donors (Lipinski definition) is 0. The monoisotopic (exact) mass is 1590 g/mol. The average Bonchev–Trinajstić information content (AvgIpc) is 4.24. The summed E-state index contributed by atoms with van der Waals surface area (Å²) >= 11 is 0. The molecule has 0 aliphatic carbocycles. The summed E-state index contributed by atoms with van der Waals surface area (Å²) in [7, 11) is 9.46. The molecule has 0 saturated heterocycles. The minimum absolute atomic E-state index is 0. The Morgan fingerprint density at radius 1 is 0.309 bits per heavy atom. The molecular formula is C64H88CoI4N12. The minimum Gasteiger partial charge on any atom is -1.00 e. The molecule has 0 fully saturated rings. The first-order valence-electron chi connectivity index (χ1n) is 29.2. The van der Waals surface area contributed by atoms with Crippen molar-refractivity contribution in [3.05, 3.63) is 95.1 Å². The SMILES string of the molecule is CC[N+](C)(CC)CCCc1ccc2c(c1)-c1nc-2nc2[n-]c(nc3nc(nc4[n-]c(n1)c1ccc(CCC[N+](C)(CC)CC)cc41)-c1cc(CCC[N+](C)(CC)CC)ccc1-3)c1cc(CCC[N+](C)(CC)CC)ccc21.[Co+2].[I-].[I-].[I-].[I-]. The summed E-state index contributed by atoms with van der Waals surface area (Å²) in [5.74, 6) is 2.41. The van der Waals surface area contributed by atoms with Crippen LogP contribution in [-0.2, 0) is 42.5 Å². The van der Waals surface area contributed by atoms with Gasteiger partial charge < -0.3 is 144 Å². The van der Waals surface area contributed by atoms with E-state index in [4.69, 9.17) is 39.9 Å². The second kappa shape index (κ2) is 30.7. The zero-order valence-corrected chi connectivity index (χ0v) is 60.0. The predicted molar refractivity (Wildman–Crippen MR) is 316 cm³/mol. The fourth-order valence-corrected chi connectivity index (χ4v) is 11.3. The minimum atomic E-state index is 0. The van der Waals surface area contributed by atoms with E-state index in [-0.39, 0.29) is 113 Å². The van der Waals surface area contributed by atoms with Crippen molar-refractivity contribution in [3.8, 4) is 45.6 Å². The molecule has 0 spiro atoms. The van der Waals surface area contributed by atoms with Crippen LogP contribution in [0.5, 0.6) is 0 Å². The molecule has 2 aliphatic heterocycles. The Bertz CT molecular complexity index is 3380. The van der Waals surface area contributed by atoms with Gasteiger partial charge in [0.1, 0.15) is 0 Å². The molecule has 0 N–H and O–H groups in total. The molecule has 0 atom stereocenters. The molecule has 9 rings (SSSR count). The van der Waals surface area contributed by atoms with E-state index in [9.17, 15) is 0 Å². The Kier molecular flexibility index (Phi) is 26.9. The number of nitrogens with zero attached hydrogens (tertiary/aromatic N) is 12. The Morgan fingerprint density at radius 2 is 0.556 bits per heavy atom. The van der Waals surface area contributed by atoms with Gasteiger partial charge in [0.2, 0.25) is 0 Å². The van der Waals surface area contributed by atoms with Crippen LogP contribution in [0, 0.1) is 0 Å². The first-order valence-corrected chi connectivity index (χ1v) is 29.2. The molecule has 4 aromatic carbocycles. The summed E-state index contributed by atoms with van der Waals surface area (Å²) < 4.78 is 4.25. The van der Waals surface area contributed by atoms with Crippen LogP contribution in [0.1, 0.15) is 103 Å². The summed E-state index contributed by atoms with van der Waals surface area (Å²) in [6.45, 7) is 31.9. The molecule has 0 unspecified atom stereocenters. The largest absolute Gasteiger partial charge is 2.00 e. The van der Waals surface area contributed by atoms with E-state index < -0.39 is 0 Å². The van der Waals surface area contributed by atoms with Crippen molar-refractivity contribution in [2.24, 2.45) is 0 Å². The summed E-state index contributed by atoms with van der Waals surface area (Å²) in [6, 6.07) is 27.0. The van der Waals surface area contributed by atoms with Crippen LogP contribution < -0.4 is 106 Å². The van der Waals surface area contributed by atoms with E-state index in [0.717, 1.165) is 192 Å². The van der Waals surface area contributed by atoms with Crippen LogP contribution in [0.2, 0.25) is 0 Å². The smallest absolute Gasteiger partial charge is 1.00 e. The van der Waals surface area contributed by atoms with Crippen molar-refractivity contribution in [1.82, 2.24) is 39.9 Å². The summed E-state index contributed by atoms with van der Waals surface area (Å²) in [5, 5.41) is 3.83. The average molecular weight is 1590 g/mol. The Balaban J connectivity index is 0.00000282. The zero-order valence-electron chi connectivity index (χ0n) is 50.3. The van der Waals surface area contributed by atoms with E-state index in [1.807, 2.05) is 0 Å². The third-order valence-electron chi connectivity index (χ3n) is 18.7. The first kappa shape index (κ1) is 71.0. The molecule has 8 bridgehead atoms. The Morgan fingerprint density at radius 3 is 0.840 bits per heavy atom. The third kappa shape index (κ3) is 16.1. The van der Waals surface area contributed by atoms with Gasteiger partial charge in [0.25, 0.3) is 0 Å². The van der Waals surface area contributed by atoms with E-state index in [1.165, 1.54) is 22.3 Å². The maximum atomic E-state index is 5.48. The van der Waals surface area contributed by atoms with Gasteiger partial charge in [0.15, 0.2) is 0 Å². The van der Waals surface area contributed by atoms with Gasteiger partial charge in [-0.3, -0.25) is 0 Å². The predicted octanol–water partition coefficient (Wildman–Crippen LogP) is -0.183. The molecule has 1 radical (unpaired) electrons. The maximum absolute atomic E-state index is 5.48. The van der Waals surface area contributed by atoms with E-state index in [2.05, 4.69) is 156 Å². The fourth-order valence-electron chi connectivity index (χ4n) is 11.3. The number of rotatable bonds is 24. The number of fused-ring (bicyclic) bond motifs is 20. The van der Waals surface area contributed by atoms with Gasteiger partial charge in [-0.25, -0.2) is 9.97 Å². The van der Waals surface area contributed by atoms with E-state index in [1.54, 1.807) is 0 Å². The number of aromatic nitrogens is 8. The molecule has 7 aromatic rings. The van der Waals surface area contributed by atoms with Crippen LogP contribution in [-0.4, -0.2) is 155 Å². The van der Waals surface area contributed by atoms with Gasteiger partial charge in [-0.15, -0.1) is 0 Å². The number of benzene rings is 4. The van der Waals surface area contributed by atoms with Crippen molar-refractivity contribution in [3.63, 3.8) is 0 Å². The number of aryl methyl sites for hydroxylation is 4. The van der Waals surface area contributed by atoms with E-state index >= 15 is 0 Å². The van der Waals surface area contributed by atoms with Crippen LogP contribution in [0.3, 0.4) is 0 Å². The molecule has 441 valence electrons. The number of quaternary nitrogens is 4. The second-order valence-corrected chi connectivity index (χ2v) is 23.3. The van der Waals surface area contributed by atoms with Crippen molar-refractivity contribution in [2.45, 2.75) is 107 Å². The number of hydrogen-bond acceptors (Lipinski definition) is 6. The fraction of sp³-hybridized carbons (Fsp3) is 0.500. The van der Waals surface area contributed by atoms with Gasteiger partial charge in [-0.2, -0.15) is 0 Å². The van der Waals surface area contributed by atoms with Crippen LogP contribution in [0.25, 0.3) is 89.7 Å². The van der Waals surface area contributed by atoms with Gasteiger partial charge in [0.05, 0.1) is 130 Å². The first-order chi connectivity index (χ1) is 36.6. The third-order valence-corrected chi connectivity index (χ3v) is 18.7. The summed E-state index contributed by atoms with van der Waals surface area (Å²) in [6.07, 6.45) is 8.25. The van der Waals surface area contributed by atoms with Crippen LogP contribution >= 0.6 is 0 Å². The molecule has 0 amide bonds. The van der Waals surface area contributed by atoms with Crippen molar-refractivity contribution in [1.29, 1.82) is 0 Å². The van der Waals surface area contributed by atoms with Gasteiger partial charge in [0, 0.05) is 70.5 Å². The number of halogens is 4. The van der Waals surface area contributed by atoms with Crippen molar-refractivity contribution >= 4 is 44.1 Å². The van der Waals surface area contributed by atoms with Crippen LogP contribution in [0.15, 0.2) is 72.8 Å². The van der Waals surface area contributed by atoms with E-state index in [0.29, 0.717) is 45.9 Å². The quantitative estimate of drug-likeness (QED) is 0.0608. The molecule has 81 heavy (non-hydrogen) atoms. The molecule has 5 heterocycles. The van der Waals surface area contributed by atoms with Crippen LogP contribution in [0.4, 0.5) is 0 Å². The molecule has 17 heteroatoms. The molecular weight excluding hydrogens is 1500 g/mol. The van der Waals surface area contributed by atoms with Gasteiger partial charge in [-0.1, -0.05) is 60.7 Å². The second-order valence-electron chi connectivity index (χ2n) is 23.3. The Labute approximate surface area is 563 Å². The standard InChI is InChI=1S/C64H88N12.Co.4HI/c1-13-73(9,14-2)37-21-25-45-29-33-49-53(41-45)61-66-57(49)65-58-50-34-30-46(26-22-38-74(10,15-3)16-4)42-54(50)62(67-58)69-60-52-36-32-48(28-24-40-76(12,19-7)20-8)44-56(52)64(71-60)72-63-55-43-47(27-23-39-75(11,17-5)18-6)31-35-51(55)59(68-61)70-63;;;;;/h29-36,41-44H,13-28,37-40H2,1-12H3;;4*1H/q2*+2;;;;/p-4. The summed E-state index contributed by atoms with van der Waals surface area (Å²) in [4.78, 5) is 43.0. The van der Waals surface area contributed by atoms with Gasteiger partial charge >= 0.3 is 16.8 Å². The molecule has 0 saturated carbocycles. The van der Waals surface area contributed by atoms with Crippen molar-refractivity contribution in [2.75, 3.05) is 107 Å². The van der Waals surface area contributed by atoms with Gasteiger partial charge in [-0.05, 0) is 137 Å². The molecule has 12 nitrogen and oxygen atoms in total. The van der Waals surface area contributed by atoms with Crippen molar-refractivity contribution < 1.29 is 131 Å².